The summed E-state index contributed by atoms with van der Waals surface area (Å²) in [5.41, 5.74) is 1.30. The van der Waals surface area contributed by atoms with E-state index in [4.69, 9.17) is 0 Å². The number of allylic oxidation sites excluding steroid dienone is 2. The second-order valence-electron chi connectivity index (χ2n) is 2.81. The van der Waals surface area contributed by atoms with Gasteiger partial charge in [-0.3, -0.25) is 0 Å². The molecule has 0 saturated carbocycles. The van der Waals surface area contributed by atoms with Gasteiger partial charge in [-0.15, -0.1) is 0 Å². The van der Waals surface area contributed by atoms with Crippen LogP contribution in [0.1, 0.15) is 12.5 Å². The number of thioether (sulfide) groups is 1. The van der Waals surface area contributed by atoms with Crippen LogP contribution in [0.3, 0.4) is 0 Å². The normalized spacial score (nSPS) is 11.4. The van der Waals surface area contributed by atoms with E-state index in [0.29, 0.717) is 0 Å². The molecule has 68 valence electrons. The Bertz CT molecular complexity index is 306. The maximum atomic E-state index is 3.76. The van der Waals surface area contributed by atoms with Crippen molar-refractivity contribution in [3.8, 4) is 0 Å². The van der Waals surface area contributed by atoms with Crippen LogP contribution in [0.25, 0.3) is 0 Å². The summed E-state index contributed by atoms with van der Waals surface area (Å²) in [4.78, 5) is 2.46. The van der Waals surface area contributed by atoms with Gasteiger partial charge >= 0.3 is 0 Å². The van der Waals surface area contributed by atoms with Crippen LogP contribution >= 0.6 is 11.8 Å². The Kier molecular flexibility index (Phi) is 3.84. The molecule has 0 amide bonds. The Labute approximate surface area is 84.4 Å². The van der Waals surface area contributed by atoms with Crippen molar-refractivity contribution in [2.24, 2.45) is 0 Å². The van der Waals surface area contributed by atoms with Gasteiger partial charge in [0.1, 0.15) is 0 Å². The first-order chi connectivity index (χ1) is 6.26. The van der Waals surface area contributed by atoms with Crippen molar-refractivity contribution in [3.63, 3.8) is 0 Å². The molecular formula is C12H14S. The van der Waals surface area contributed by atoms with Gasteiger partial charge in [-0.05, 0) is 26.0 Å². The van der Waals surface area contributed by atoms with E-state index in [9.17, 15) is 0 Å². The number of hydrogen-bond donors (Lipinski definition) is 0. The van der Waals surface area contributed by atoms with E-state index in [-0.39, 0.29) is 0 Å². The molecule has 0 atom stereocenters. The van der Waals surface area contributed by atoms with E-state index in [2.05, 4.69) is 43.8 Å². The summed E-state index contributed by atoms with van der Waals surface area (Å²) in [6.07, 6.45) is 3.95. The second kappa shape index (κ2) is 4.93. The lowest BCUT2D eigenvalue weighted by molar-refractivity contribution is 1.38. The monoisotopic (exact) mass is 190 g/mol. The molecule has 1 heteroatoms. The summed E-state index contributed by atoms with van der Waals surface area (Å²) in [6, 6.07) is 8.51. The summed E-state index contributed by atoms with van der Waals surface area (Å²) in [6.45, 7) is 7.88. The molecule has 0 unspecified atom stereocenters. The minimum absolute atomic E-state index is 1.20. The smallest absolute Gasteiger partial charge is 0.0122 e. The Morgan fingerprint density at radius 3 is 2.38 bits per heavy atom. The van der Waals surface area contributed by atoms with Gasteiger partial charge < -0.3 is 0 Å². The van der Waals surface area contributed by atoms with Crippen molar-refractivity contribution in [2.75, 3.05) is 0 Å². The maximum Gasteiger partial charge on any atom is 0.0122 e. The molecule has 1 aromatic carbocycles. The highest BCUT2D eigenvalue weighted by molar-refractivity contribution is 8.03. The number of benzene rings is 1. The largest absolute Gasteiger partial charge is 0.0980 e. The summed E-state index contributed by atoms with van der Waals surface area (Å²) in [7, 11) is 0. The first-order valence-corrected chi connectivity index (χ1v) is 5.11. The highest BCUT2D eigenvalue weighted by atomic mass is 32.2. The lowest BCUT2D eigenvalue weighted by atomic mass is 10.2. The minimum Gasteiger partial charge on any atom is -0.0980 e. The lowest BCUT2D eigenvalue weighted by Crippen LogP contribution is -1.74. The molecule has 0 spiro atoms. The molecule has 0 bridgehead atoms. The molecular weight excluding hydrogens is 176 g/mol. The first-order valence-electron chi connectivity index (χ1n) is 4.29. The lowest BCUT2D eigenvalue weighted by Gasteiger charge is -2.01. The van der Waals surface area contributed by atoms with Gasteiger partial charge in [0.25, 0.3) is 0 Å². The van der Waals surface area contributed by atoms with Crippen molar-refractivity contribution in [1.82, 2.24) is 0 Å². The van der Waals surface area contributed by atoms with E-state index in [0.717, 1.165) is 0 Å². The Balaban J connectivity index is 2.74. The molecule has 0 radical (unpaired) electrons. The third-order valence-corrected chi connectivity index (χ3v) is 2.89. The Hall–Kier alpha value is -0.950. The van der Waals surface area contributed by atoms with Crippen LogP contribution in [0.5, 0.6) is 0 Å². The predicted molar refractivity (Wildman–Crippen MR) is 61.0 cm³/mol. The summed E-state index contributed by atoms with van der Waals surface area (Å²) in [5, 5.41) is 0. The van der Waals surface area contributed by atoms with Crippen molar-refractivity contribution in [2.45, 2.75) is 18.7 Å². The molecule has 13 heavy (non-hydrogen) atoms. The van der Waals surface area contributed by atoms with E-state index >= 15 is 0 Å². The Morgan fingerprint density at radius 1 is 1.31 bits per heavy atom. The molecule has 0 aliphatic heterocycles. The zero-order valence-electron chi connectivity index (χ0n) is 8.08. The number of rotatable bonds is 3. The molecule has 1 aromatic rings. The minimum atomic E-state index is 1.20. The standard InChI is InChI=1S/C12H14S/c1-4-11(5-2)13-12-8-6-10(3)7-9-12/h4-9H,1H2,2-3H3/b11-5+. The molecule has 0 aromatic heterocycles. The van der Waals surface area contributed by atoms with Crippen LogP contribution in [-0.2, 0) is 0 Å². The van der Waals surface area contributed by atoms with Crippen molar-refractivity contribution >= 4 is 11.8 Å². The summed E-state index contributed by atoms with van der Waals surface area (Å²) < 4.78 is 0. The third kappa shape index (κ3) is 3.11. The molecule has 0 heterocycles. The Morgan fingerprint density at radius 2 is 1.92 bits per heavy atom. The fourth-order valence-electron chi connectivity index (χ4n) is 0.961. The molecule has 0 N–H and O–H groups in total. The predicted octanol–water partition coefficient (Wildman–Crippen LogP) is 4.18. The van der Waals surface area contributed by atoms with Gasteiger partial charge in [0.2, 0.25) is 0 Å². The fourth-order valence-corrected chi connectivity index (χ4v) is 1.71. The topological polar surface area (TPSA) is 0 Å². The van der Waals surface area contributed by atoms with E-state index in [1.54, 1.807) is 11.8 Å². The second-order valence-corrected chi connectivity index (χ2v) is 3.96. The van der Waals surface area contributed by atoms with E-state index in [1.165, 1.54) is 15.4 Å². The SMILES string of the molecule is C=C/C(=C\C)Sc1ccc(C)cc1. The molecule has 0 fully saturated rings. The molecule has 0 saturated heterocycles. The maximum absolute atomic E-state index is 3.76. The van der Waals surface area contributed by atoms with Crippen LogP contribution in [0.2, 0.25) is 0 Å². The quantitative estimate of drug-likeness (QED) is 0.509. The highest BCUT2D eigenvalue weighted by Crippen LogP contribution is 2.26. The molecule has 1 rings (SSSR count). The van der Waals surface area contributed by atoms with Gasteiger partial charge in [0, 0.05) is 9.80 Å². The summed E-state index contributed by atoms with van der Waals surface area (Å²) >= 11 is 1.74. The van der Waals surface area contributed by atoms with Crippen LogP contribution in [0.4, 0.5) is 0 Å². The number of aryl methyl sites for hydroxylation is 1. The highest BCUT2D eigenvalue weighted by Gasteiger charge is 1.94. The van der Waals surface area contributed by atoms with Crippen molar-refractivity contribution < 1.29 is 0 Å². The van der Waals surface area contributed by atoms with Gasteiger partial charge in [0.15, 0.2) is 0 Å². The molecule has 0 aliphatic carbocycles. The number of hydrogen-bond acceptors (Lipinski definition) is 1. The van der Waals surface area contributed by atoms with E-state index in [1.807, 2.05) is 13.0 Å². The summed E-state index contributed by atoms with van der Waals surface area (Å²) in [5.74, 6) is 0. The van der Waals surface area contributed by atoms with Crippen LogP contribution in [0.15, 0.2) is 52.8 Å². The van der Waals surface area contributed by atoms with E-state index < -0.39 is 0 Å². The zero-order chi connectivity index (χ0) is 9.68. The van der Waals surface area contributed by atoms with Crippen LogP contribution in [0, 0.1) is 6.92 Å². The average Bonchev–Trinajstić information content (AvgIpc) is 2.17. The molecule has 0 aliphatic rings. The molecule has 0 nitrogen and oxygen atoms in total. The van der Waals surface area contributed by atoms with Gasteiger partial charge in [-0.1, -0.05) is 48.2 Å². The van der Waals surface area contributed by atoms with Crippen LogP contribution in [-0.4, -0.2) is 0 Å². The van der Waals surface area contributed by atoms with Gasteiger partial charge in [0.05, 0.1) is 0 Å². The van der Waals surface area contributed by atoms with Gasteiger partial charge in [-0.2, -0.15) is 0 Å². The fraction of sp³-hybridized carbons (Fsp3) is 0.167. The van der Waals surface area contributed by atoms with Crippen LogP contribution < -0.4 is 0 Å². The van der Waals surface area contributed by atoms with Crippen molar-refractivity contribution in [3.05, 3.63) is 53.5 Å². The zero-order valence-corrected chi connectivity index (χ0v) is 8.90. The average molecular weight is 190 g/mol. The first kappa shape index (κ1) is 10.1. The van der Waals surface area contributed by atoms with Crippen molar-refractivity contribution in [1.29, 1.82) is 0 Å². The van der Waals surface area contributed by atoms with Gasteiger partial charge in [-0.25, -0.2) is 0 Å². The third-order valence-electron chi connectivity index (χ3n) is 1.74.